The number of nitrogens with zero attached hydrogens (tertiary/aromatic N) is 3. The molecule has 0 bridgehead atoms. The lowest BCUT2D eigenvalue weighted by Crippen LogP contribution is -2.15. The number of ether oxygens (including phenoxy) is 1. The molecule has 1 N–H and O–H groups in total. The van der Waals surface area contributed by atoms with Crippen molar-refractivity contribution >= 4 is 22.6 Å². The van der Waals surface area contributed by atoms with Gasteiger partial charge in [0.05, 0.1) is 31.1 Å². The zero-order valence-electron chi connectivity index (χ0n) is 14.7. The number of pyridine rings is 1. The van der Waals surface area contributed by atoms with Crippen LogP contribution >= 0.6 is 0 Å². The number of aryl methyl sites for hydroxylation is 1. The van der Waals surface area contributed by atoms with Crippen molar-refractivity contribution in [3.63, 3.8) is 0 Å². The van der Waals surface area contributed by atoms with Gasteiger partial charge >= 0.3 is 0 Å². The van der Waals surface area contributed by atoms with Crippen LogP contribution in [0.25, 0.3) is 11.0 Å². The number of amides is 1. The Labute approximate surface area is 146 Å². The molecule has 3 aromatic rings. The summed E-state index contributed by atoms with van der Waals surface area (Å²) in [6.45, 7) is 6.46. The first kappa shape index (κ1) is 17.0. The van der Waals surface area contributed by atoms with Crippen LogP contribution in [0.2, 0.25) is 0 Å². The molecule has 2 aromatic heterocycles. The van der Waals surface area contributed by atoms with E-state index in [1.807, 2.05) is 41.9 Å². The van der Waals surface area contributed by atoms with E-state index in [0.717, 1.165) is 16.8 Å². The van der Waals surface area contributed by atoms with Gasteiger partial charge in [0.2, 0.25) is 5.91 Å². The van der Waals surface area contributed by atoms with Crippen molar-refractivity contribution in [1.29, 1.82) is 0 Å². The minimum absolute atomic E-state index is 0.107. The lowest BCUT2D eigenvalue weighted by Gasteiger charge is -2.08. The molecule has 0 unspecified atom stereocenters. The standard InChI is InChI=1S/C19H22N4O2/c1-13(2)23-19-15(11-21-23)10-16(12-20-19)22-18(24)8-9-25-17-6-4-14(3)5-7-17/h4-7,10-13H,8-9H2,1-3H3,(H,22,24). The third kappa shape index (κ3) is 4.15. The molecule has 0 saturated heterocycles. The Morgan fingerprint density at radius 1 is 1.24 bits per heavy atom. The molecule has 6 nitrogen and oxygen atoms in total. The maximum atomic E-state index is 12.1. The number of hydrogen-bond donors (Lipinski definition) is 1. The van der Waals surface area contributed by atoms with Crippen LogP contribution in [0.15, 0.2) is 42.7 Å². The first-order valence-corrected chi connectivity index (χ1v) is 8.35. The van der Waals surface area contributed by atoms with E-state index in [4.69, 9.17) is 4.74 Å². The van der Waals surface area contributed by atoms with Crippen molar-refractivity contribution < 1.29 is 9.53 Å². The molecule has 6 heteroatoms. The second kappa shape index (κ2) is 7.34. The number of carbonyl (C=O) groups excluding carboxylic acids is 1. The Hall–Kier alpha value is -2.89. The molecular formula is C19H22N4O2. The van der Waals surface area contributed by atoms with Gasteiger partial charge in [0.1, 0.15) is 5.75 Å². The highest BCUT2D eigenvalue weighted by molar-refractivity contribution is 5.92. The fourth-order valence-corrected chi connectivity index (χ4v) is 2.51. The summed E-state index contributed by atoms with van der Waals surface area (Å²) in [5.74, 6) is 0.659. The number of fused-ring (bicyclic) bond motifs is 1. The molecule has 3 rings (SSSR count). The molecule has 0 fully saturated rings. The number of carbonyl (C=O) groups is 1. The summed E-state index contributed by atoms with van der Waals surface area (Å²) in [7, 11) is 0. The van der Waals surface area contributed by atoms with Crippen LogP contribution in [0.3, 0.4) is 0 Å². The lowest BCUT2D eigenvalue weighted by atomic mass is 10.2. The molecule has 1 amide bonds. The fourth-order valence-electron chi connectivity index (χ4n) is 2.51. The maximum absolute atomic E-state index is 12.1. The smallest absolute Gasteiger partial charge is 0.227 e. The van der Waals surface area contributed by atoms with E-state index in [9.17, 15) is 4.79 Å². The Morgan fingerprint density at radius 2 is 2.00 bits per heavy atom. The monoisotopic (exact) mass is 338 g/mol. The molecular weight excluding hydrogens is 316 g/mol. The molecule has 0 aliphatic carbocycles. The minimum Gasteiger partial charge on any atom is -0.493 e. The predicted molar refractivity (Wildman–Crippen MR) is 97.8 cm³/mol. The molecule has 0 aliphatic heterocycles. The van der Waals surface area contributed by atoms with E-state index in [1.54, 1.807) is 12.4 Å². The highest BCUT2D eigenvalue weighted by atomic mass is 16.5. The van der Waals surface area contributed by atoms with Crippen molar-refractivity contribution in [3.8, 4) is 5.75 Å². The number of hydrogen-bond acceptors (Lipinski definition) is 4. The second-order valence-electron chi connectivity index (χ2n) is 6.28. The highest BCUT2D eigenvalue weighted by Gasteiger charge is 2.09. The summed E-state index contributed by atoms with van der Waals surface area (Å²) in [4.78, 5) is 16.5. The summed E-state index contributed by atoms with van der Waals surface area (Å²) in [5, 5.41) is 8.08. The first-order chi connectivity index (χ1) is 12.0. The fraction of sp³-hybridized carbons (Fsp3) is 0.316. The van der Waals surface area contributed by atoms with Crippen molar-refractivity contribution in [2.24, 2.45) is 0 Å². The first-order valence-electron chi connectivity index (χ1n) is 8.35. The van der Waals surface area contributed by atoms with Gasteiger partial charge in [-0.3, -0.25) is 4.79 Å². The van der Waals surface area contributed by atoms with Crippen LogP contribution in [0.5, 0.6) is 5.75 Å². The molecule has 25 heavy (non-hydrogen) atoms. The molecule has 0 radical (unpaired) electrons. The van der Waals surface area contributed by atoms with Crippen LogP contribution in [-0.4, -0.2) is 27.3 Å². The quantitative estimate of drug-likeness (QED) is 0.743. The Bertz CT molecular complexity index is 869. The maximum Gasteiger partial charge on any atom is 0.227 e. The van der Waals surface area contributed by atoms with Crippen molar-refractivity contribution in [1.82, 2.24) is 14.8 Å². The normalized spacial score (nSPS) is 11.0. The van der Waals surface area contributed by atoms with Gasteiger partial charge in [-0.25, -0.2) is 9.67 Å². The second-order valence-corrected chi connectivity index (χ2v) is 6.28. The molecule has 130 valence electrons. The van der Waals surface area contributed by atoms with Crippen LogP contribution in [0, 0.1) is 6.92 Å². The van der Waals surface area contributed by atoms with Crippen molar-refractivity contribution in [2.75, 3.05) is 11.9 Å². The highest BCUT2D eigenvalue weighted by Crippen LogP contribution is 2.19. The van der Waals surface area contributed by atoms with E-state index in [2.05, 4.69) is 29.2 Å². The van der Waals surface area contributed by atoms with E-state index >= 15 is 0 Å². The van der Waals surface area contributed by atoms with Crippen LogP contribution in [-0.2, 0) is 4.79 Å². The topological polar surface area (TPSA) is 69.0 Å². The van der Waals surface area contributed by atoms with Gasteiger partial charge in [-0.2, -0.15) is 5.10 Å². The Kier molecular flexibility index (Phi) is 4.97. The van der Waals surface area contributed by atoms with E-state index in [1.165, 1.54) is 5.56 Å². The van der Waals surface area contributed by atoms with Gasteiger partial charge in [-0.15, -0.1) is 0 Å². The number of anilines is 1. The van der Waals surface area contributed by atoms with Crippen LogP contribution in [0.4, 0.5) is 5.69 Å². The van der Waals surface area contributed by atoms with Gasteiger partial charge in [0, 0.05) is 11.4 Å². The average Bonchev–Trinajstić information content (AvgIpc) is 3.00. The van der Waals surface area contributed by atoms with Gasteiger partial charge in [-0.1, -0.05) is 17.7 Å². The van der Waals surface area contributed by atoms with Crippen LogP contribution < -0.4 is 10.1 Å². The predicted octanol–water partition coefficient (Wildman–Crippen LogP) is 3.73. The van der Waals surface area contributed by atoms with Crippen LogP contribution in [0.1, 0.15) is 31.9 Å². The summed E-state index contributed by atoms with van der Waals surface area (Å²) < 4.78 is 7.44. The third-order valence-electron chi connectivity index (χ3n) is 3.83. The lowest BCUT2D eigenvalue weighted by molar-refractivity contribution is -0.116. The van der Waals surface area contributed by atoms with Crippen molar-refractivity contribution in [3.05, 3.63) is 48.3 Å². The summed E-state index contributed by atoms with van der Waals surface area (Å²) in [6.07, 6.45) is 3.69. The number of benzene rings is 1. The third-order valence-corrected chi connectivity index (χ3v) is 3.83. The summed E-state index contributed by atoms with van der Waals surface area (Å²) in [5.41, 5.74) is 2.65. The number of rotatable bonds is 6. The Morgan fingerprint density at radius 3 is 2.72 bits per heavy atom. The van der Waals surface area contributed by atoms with E-state index in [-0.39, 0.29) is 18.4 Å². The molecule has 0 aliphatic rings. The van der Waals surface area contributed by atoms with Crippen molar-refractivity contribution in [2.45, 2.75) is 33.2 Å². The minimum atomic E-state index is -0.107. The van der Waals surface area contributed by atoms with E-state index < -0.39 is 0 Å². The molecule has 0 atom stereocenters. The SMILES string of the molecule is Cc1ccc(OCCC(=O)Nc2cnc3c(cnn3C(C)C)c2)cc1. The van der Waals surface area contributed by atoms with Gasteiger partial charge in [-0.05, 0) is 39.0 Å². The summed E-state index contributed by atoms with van der Waals surface area (Å²) >= 11 is 0. The largest absolute Gasteiger partial charge is 0.493 e. The zero-order chi connectivity index (χ0) is 17.8. The average molecular weight is 338 g/mol. The van der Waals surface area contributed by atoms with Gasteiger partial charge in [0.15, 0.2) is 5.65 Å². The number of aromatic nitrogens is 3. The van der Waals surface area contributed by atoms with Gasteiger partial charge in [0.25, 0.3) is 0 Å². The Balaban J connectivity index is 1.55. The number of nitrogens with one attached hydrogen (secondary N) is 1. The van der Waals surface area contributed by atoms with E-state index in [0.29, 0.717) is 12.3 Å². The summed E-state index contributed by atoms with van der Waals surface area (Å²) in [6, 6.07) is 9.88. The zero-order valence-corrected chi connectivity index (χ0v) is 14.7. The molecule has 2 heterocycles. The molecule has 1 aromatic carbocycles. The molecule has 0 saturated carbocycles. The van der Waals surface area contributed by atoms with Gasteiger partial charge < -0.3 is 10.1 Å². The molecule has 0 spiro atoms.